The van der Waals surface area contributed by atoms with E-state index in [1.807, 2.05) is 13.8 Å². The molecule has 17 heavy (non-hydrogen) atoms. The van der Waals surface area contributed by atoms with Crippen molar-refractivity contribution in [3.05, 3.63) is 16.5 Å². The van der Waals surface area contributed by atoms with E-state index in [0.29, 0.717) is 22.9 Å². The zero-order valence-electron chi connectivity index (χ0n) is 10.5. The van der Waals surface area contributed by atoms with Crippen LogP contribution in [0.5, 0.6) is 0 Å². The van der Waals surface area contributed by atoms with Crippen LogP contribution < -0.4 is 5.32 Å². The first-order valence-electron chi connectivity index (χ1n) is 5.93. The maximum atomic E-state index is 6.05. The standard InChI is InChI=1S/C12H18ClN3O/c1-7-11(13)15-9(3)16-12(7)14-8(2)10-4-5-17-6-10/h8,10H,4-6H2,1-3H3,(H,14,15,16). The Kier molecular flexibility index (Phi) is 3.84. The third kappa shape index (κ3) is 2.87. The molecule has 1 aromatic heterocycles. The molecule has 4 nitrogen and oxygen atoms in total. The Labute approximate surface area is 107 Å². The third-order valence-corrected chi connectivity index (χ3v) is 3.60. The monoisotopic (exact) mass is 255 g/mol. The zero-order chi connectivity index (χ0) is 12.4. The van der Waals surface area contributed by atoms with Gasteiger partial charge in [0.2, 0.25) is 0 Å². The van der Waals surface area contributed by atoms with Crippen LogP contribution in [-0.4, -0.2) is 29.2 Å². The van der Waals surface area contributed by atoms with Crippen molar-refractivity contribution in [2.45, 2.75) is 33.2 Å². The van der Waals surface area contributed by atoms with E-state index in [2.05, 4.69) is 22.2 Å². The van der Waals surface area contributed by atoms with Crippen LogP contribution in [0.2, 0.25) is 5.15 Å². The molecule has 1 aliphatic rings. The topological polar surface area (TPSA) is 47.0 Å². The van der Waals surface area contributed by atoms with Gasteiger partial charge in [-0.2, -0.15) is 0 Å². The normalized spacial score (nSPS) is 21.5. The number of nitrogens with zero attached hydrogens (tertiary/aromatic N) is 2. The highest BCUT2D eigenvalue weighted by atomic mass is 35.5. The molecule has 0 bridgehead atoms. The second kappa shape index (κ2) is 5.19. The summed E-state index contributed by atoms with van der Waals surface area (Å²) < 4.78 is 5.39. The lowest BCUT2D eigenvalue weighted by atomic mass is 10.0. The number of hydrogen-bond acceptors (Lipinski definition) is 4. The van der Waals surface area contributed by atoms with E-state index in [1.54, 1.807) is 0 Å². The number of aromatic nitrogens is 2. The molecule has 1 aromatic rings. The Balaban J connectivity index is 2.12. The largest absolute Gasteiger partial charge is 0.381 e. The van der Waals surface area contributed by atoms with Gasteiger partial charge in [-0.3, -0.25) is 0 Å². The van der Waals surface area contributed by atoms with Gasteiger partial charge in [0.25, 0.3) is 0 Å². The molecule has 1 fully saturated rings. The maximum Gasteiger partial charge on any atom is 0.137 e. The summed E-state index contributed by atoms with van der Waals surface area (Å²) in [6.45, 7) is 7.62. The van der Waals surface area contributed by atoms with Gasteiger partial charge in [0.1, 0.15) is 16.8 Å². The maximum absolute atomic E-state index is 6.05. The highest BCUT2D eigenvalue weighted by molar-refractivity contribution is 6.30. The number of rotatable bonds is 3. The van der Waals surface area contributed by atoms with Gasteiger partial charge in [-0.15, -0.1) is 0 Å². The molecule has 1 saturated heterocycles. The molecule has 0 spiro atoms. The summed E-state index contributed by atoms with van der Waals surface area (Å²) in [5.41, 5.74) is 0.906. The van der Waals surface area contributed by atoms with Crippen molar-refractivity contribution in [3.63, 3.8) is 0 Å². The smallest absolute Gasteiger partial charge is 0.137 e. The zero-order valence-corrected chi connectivity index (χ0v) is 11.2. The quantitative estimate of drug-likeness (QED) is 0.844. The van der Waals surface area contributed by atoms with Crippen LogP contribution in [-0.2, 0) is 4.74 Å². The molecule has 2 rings (SSSR count). The van der Waals surface area contributed by atoms with Gasteiger partial charge in [0.05, 0.1) is 6.61 Å². The van der Waals surface area contributed by atoms with E-state index in [4.69, 9.17) is 16.3 Å². The van der Waals surface area contributed by atoms with E-state index in [9.17, 15) is 0 Å². The van der Waals surface area contributed by atoms with Gasteiger partial charge in [-0.05, 0) is 27.2 Å². The summed E-state index contributed by atoms with van der Waals surface area (Å²) >= 11 is 6.05. The summed E-state index contributed by atoms with van der Waals surface area (Å²) in [5, 5.41) is 3.94. The molecule has 1 N–H and O–H groups in total. The van der Waals surface area contributed by atoms with E-state index in [-0.39, 0.29) is 0 Å². The molecule has 0 aliphatic carbocycles. The van der Waals surface area contributed by atoms with Gasteiger partial charge in [0.15, 0.2) is 0 Å². The molecule has 1 aliphatic heterocycles. The molecule has 2 unspecified atom stereocenters. The highest BCUT2D eigenvalue weighted by Crippen LogP contribution is 2.24. The third-order valence-electron chi connectivity index (χ3n) is 3.23. The average Bonchev–Trinajstić information content (AvgIpc) is 2.78. The Morgan fingerprint density at radius 1 is 1.41 bits per heavy atom. The first kappa shape index (κ1) is 12.6. The van der Waals surface area contributed by atoms with Crippen molar-refractivity contribution >= 4 is 17.4 Å². The van der Waals surface area contributed by atoms with E-state index in [1.165, 1.54) is 0 Å². The Bertz CT molecular complexity index is 405. The number of ether oxygens (including phenoxy) is 1. The van der Waals surface area contributed by atoms with E-state index in [0.717, 1.165) is 31.0 Å². The molecule has 2 heterocycles. The Hall–Kier alpha value is -0.870. The summed E-state index contributed by atoms with van der Waals surface area (Å²) in [7, 11) is 0. The van der Waals surface area contributed by atoms with Gasteiger partial charge < -0.3 is 10.1 Å². The van der Waals surface area contributed by atoms with Crippen molar-refractivity contribution in [2.24, 2.45) is 5.92 Å². The summed E-state index contributed by atoms with van der Waals surface area (Å²) in [5.74, 6) is 2.07. The SMILES string of the molecule is Cc1nc(Cl)c(C)c(NC(C)C2CCOC2)n1. The van der Waals surface area contributed by atoms with Gasteiger partial charge >= 0.3 is 0 Å². The lowest BCUT2D eigenvalue weighted by Gasteiger charge is -2.21. The first-order chi connectivity index (χ1) is 8.08. The molecular weight excluding hydrogens is 238 g/mol. The number of hydrogen-bond donors (Lipinski definition) is 1. The van der Waals surface area contributed by atoms with Crippen LogP contribution in [0.25, 0.3) is 0 Å². The molecule has 94 valence electrons. The van der Waals surface area contributed by atoms with Crippen molar-refractivity contribution in [2.75, 3.05) is 18.5 Å². The van der Waals surface area contributed by atoms with Crippen molar-refractivity contribution in [1.29, 1.82) is 0 Å². The van der Waals surface area contributed by atoms with Gasteiger partial charge in [-0.1, -0.05) is 11.6 Å². The molecule has 0 radical (unpaired) electrons. The van der Waals surface area contributed by atoms with Crippen molar-refractivity contribution < 1.29 is 4.74 Å². The Morgan fingerprint density at radius 3 is 2.82 bits per heavy atom. The van der Waals surface area contributed by atoms with Crippen LogP contribution in [0.4, 0.5) is 5.82 Å². The van der Waals surface area contributed by atoms with Crippen LogP contribution in [0, 0.1) is 19.8 Å². The summed E-state index contributed by atoms with van der Waals surface area (Å²) in [6, 6.07) is 0.335. The minimum absolute atomic E-state index is 0.335. The van der Waals surface area contributed by atoms with Crippen LogP contribution >= 0.6 is 11.6 Å². The number of aryl methyl sites for hydroxylation is 1. The summed E-state index contributed by atoms with van der Waals surface area (Å²) in [6.07, 6.45) is 1.10. The summed E-state index contributed by atoms with van der Waals surface area (Å²) in [4.78, 5) is 8.53. The minimum atomic E-state index is 0.335. The fourth-order valence-corrected chi connectivity index (χ4v) is 2.23. The predicted molar refractivity (Wildman–Crippen MR) is 68.5 cm³/mol. The second-order valence-corrected chi connectivity index (χ2v) is 4.95. The van der Waals surface area contributed by atoms with Crippen LogP contribution in [0.1, 0.15) is 24.7 Å². The molecule has 5 heteroatoms. The molecule has 0 aromatic carbocycles. The van der Waals surface area contributed by atoms with E-state index < -0.39 is 0 Å². The first-order valence-corrected chi connectivity index (χ1v) is 6.30. The second-order valence-electron chi connectivity index (χ2n) is 4.59. The van der Waals surface area contributed by atoms with Crippen molar-refractivity contribution in [3.8, 4) is 0 Å². The van der Waals surface area contributed by atoms with Crippen LogP contribution in [0.3, 0.4) is 0 Å². The molecule has 2 atom stereocenters. The number of anilines is 1. The fourth-order valence-electron chi connectivity index (χ4n) is 2.02. The fraction of sp³-hybridized carbons (Fsp3) is 0.667. The Morgan fingerprint density at radius 2 is 2.18 bits per heavy atom. The lowest BCUT2D eigenvalue weighted by molar-refractivity contribution is 0.183. The highest BCUT2D eigenvalue weighted by Gasteiger charge is 2.23. The lowest BCUT2D eigenvalue weighted by Crippen LogP contribution is -2.27. The molecule has 0 saturated carbocycles. The van der Waals surface area contributed by atoms with Gasteiger partial charge in [-0.25, -0.2) is 9.97 Å². The van der Waals surface area contributed by atoms with Crippen LogP contribution in [0.15, 0.2) is 0 Å². The predicted octanol–water partition coefficient (Wildman–Crippen LogP) is 2.58. The van der Waals surface area contributed by atoms with Gasteiger partial charge in [0, 0.05) is 24.1 Å². The average molecular weight is 256 g/mol. The number of halogens is 1. The molecule has 0 amide bonds. The van der Waals surface area contributed by atoms with E-state index >= 15 is 0 Å². The number of nitrogens with one attached hydrogen (secondary N) is 1. The van der Waals surface area contributed by atoms with Crippen molar-refractivity contribution in [1.82, 2.24) is 9.97 Å². The minimum Gasteiger partial charge on any atom is -0.381 e. The molecular formula is C12H18ClN3O.